The maximum Gasteiger partial charge on any atom is 0.407 e. The first kappa shape index (κ1) is 14.8. The fourth-order valence-corrected chi connectivity index (χ4v) is 2.49. The Labute approximate surface area is 120 Å². The average Bonchev–Trinajstić information content (AvgIpc) is 2.47. The molecule has 1 aromatic rings. The number of nitrogens with zero attached hydrogens (tertiary/aromatic N) is 1. The van der Waals surface area contributed by atoms with Crippen molar-refractivity contribution in [3.05, 3.63) is 35.9 Å². The fraction of sp³-hybridized carbons (Fsp3) is 0.533. The molecule has 3 N–H and O–H groups in total. The smallest absolute Gasteiger partial charge is 0.407 e. The number of carbonyl (C=O) groups excluding carboxylic acids is 1. The molecule has 0 bridgehead atoms. The van der Waals surface area contributed by atoms with Crippen molar-refractivity contribution >= 4 is 6.09 Å². The largest absolute Gasteiger partial charge is 0.445 e. The van der Waals surface area contributed by atoms with Gasteiger partial charge in [-0.05, 0) is 24.9 Å². The molecular weight excluding hydrogens is 254 g/mol. The first-order valence-corrected chi connectivity index (χ1v) is 7.17. The minimum absolute atomic E-state index is 0.165. The number of likely N-dealkylation sites (tertiary alicyclic amines) is 1. The van der Waals surface area contributed by atoms with Crippen LogP contribution in [0.25, 0.3) is 0 Å². The van der Waals surface area contributed by atoms with Crippen molar-refractivity contribution in [2.75, 3.05) is 26.2 Å². The third kappa shape index (κ3) is 4.83. The number of piperidine rings is 1. The lowest BCUT2D eigenvalue weighted by Gasteiger charge is -2.32. The van der Waals surface area contributed by atoms with Gasteiger partial charge >= 0.3 is 6.09 Å². The summed E-state index contributed by atoms with van der Waals surface area (Å²) in [4.78, 5) is 14.1. The predicted molar refractivity (Wildman–Crippen MR) is 78.3 cm³/mol. The lowest BCUT2D eigenvalue weighted by molar-refractivity contribution is 0.124. The number of rotatable bonds is 5. The molecule has 20 heavy (non-hydrogen) atoms. The van der Waals surface area contributed by atoms with Gasteiger partial charge in [0.1, 0.15) is 6.61 Å². The molecule has 1 aliphatic heterocycles. The van der Waals surface area contributed by atoms with Gasteiger partial charge in [-0.1, -0.05) is 30.3 Å². The molecule has 1 aliphatic rings. The second kappa shape index (κ2) is 7.87. The molecule has 110 valence electrons. The molecule has 0 unspecified atom stereocenters. The Balaban J connectivity index is 1.71. The average molecular weight is 277 g/mol. The van der Waals surface area contributed by atoms with E-state index in [1.807, 2.05) is 30.3 Å². The minimum atomic E-state index is -0.339. The van der Waals surface area contributed by atoms with Gasteiger partial charge in [0.2, 0.25) is 0 Å². The number of carbonyl (C=O) groups is 1. The number of nitrogens with two attached hydrogens (primary N) is 1. The topological polar surface area (TPSA) is 67.6 Å². The minimum Gasteiger partial charge on any atom is -0.445 e. The third-order valence-corrected chi connectivity index (χ3v) is 3.49. The van der Waals surface area contributed by atoms with Crippen LogP contribution < -0.4 is 11.1 Å². The maximum absolute atomic E-state index is 11.8. The second-order valence-electron chi connectivity index (χ2n) is 5.13. The molecule has 1 saturated heterocycles. The molecular formula is C15H23N3O2. The van der Waals surface area contributed by atoms with E-state index in [1.54, 1.807) is 0 Å². The van der Waals surface area contributed by atoms with Crippen molar-refractivity contribution < 1.29 is 9.53 Å². The van der Waals surface area contributed by atoms with Gasteiger partial charge in [0.15, 0.2) is 0 Å². The Morgan fingerprint density at radius 3 is 2.95 bits per heavy atom. The summed E-state index contributed by atoms with van der Waals surface area (Å²) in [6.45, 7) is 3.78. The summed E-state index contributed by atoms with van der Waals surface area (Å²) in [6.07, 6.45) is 1.75. The highest BCUT2D eigenvalue weighted by Gasteiger charge is 2.21. The number of amides is 1. The molecule has 0 radical (unpaired) electrons. The van der Waals surface area contributed by atoms with Gasteiger partial charge in [0, 0.05) is 25.7 Å². The first-order valence-electron chi connectivity index (χ1n) is 7.17. The normalized spacial score (nSPS) is 19.6. The summed E-state index contributed by atoms with van der Waals surface area (Å²) in [7, 11) is 0. The number of benzene rings is 1. The van der Waals surface area contributed by atoms with E-state index >= 15 is 0 Å². The zero-order chi connectivity index (χ0) is 14.2. The standard InChI is InChI=1S/C15H23N3O2/c16-8-10-18-9-4-7-14(11-18)17-15(19)20-12-13-5-2-1-3-6-13/h1-3,5-6,14H,4,7-12,16H2,(H,17,19)/t14-/m0/s1. The van der Waals surface area contributed by atoms with E-state index < -0.39 is 0 Å². The quantitative estimate of drug-likeness (QED) is 0.852. The van der Waals surface area contributed by atoms with Crippen molar-refractivity contribution in [3.63, 3.8) is 0 Å². The van der Waals surface area contributed by atoms with Gasteiger partial charge in [0.25, 0.3) is 0 Å². The molecule has 1 heterocycles. The molecule has 0 saturated carbocycles. The van der Waals surface area contributed by atoms with Gasteiger partial charge in [0.05, 0.1) is 0 Å². The fourth-order valence-electron chi connectivity index (χ4n) is 2.49. The Bertz CT molecular complexity index is 409. The van der Waals surface area contributed by atoms with E-state index in [9.17, 15) is 4.79 Å². The molecule has 0 aromatic heterocycles. The van der Waals surface area contributed by atoms with E-state index in [4.69, 9.17) is 10.5 Å². The zero-order valence-corrected chi connectivity index (χ0v) is 11.8. The highest BCUT2D eigenvalue weighted by molar-refractivity contribution is 5.67. The molecule has 1 fully saturated rings. The van der Waals surface area contributed by atoms with Crippen LogP contribution >= 0.6 is 0 Å². The summed E-state index contributed by atoms with van der Waals surface area (Å²) in [6, 6.07) is 9.86. The third-order valence-electron chi connectivity index (χ3n) is 3.49. The zero-order valence-electron chi connectivity index (χ0n) is 11.8. The molecule has 2 rings (SSSR count). The van der Waals surface area contributed by atoms with Gasteiger partial charge in [-0.25, -0.2) is 4.79 Å². The lowest BCUT2D eigenvalue weighted by atomic mass is 10.1. The summed E-state index contributed by atoms with van der Waals surface area (Å²) in [5, 5.41) is 2.93. The number of hydrogen-bond donors (Lipinski definition) is 2. The summed E-state index contributed by atoms with van der Waals surface area (Å²) < 4.78 is 5.23. The number of alkyl carbamates (subject to hydrolysis) is 1. The van der Waals surface area contributed by atoms with Crippen molar-refractivity contribution in [1.29, 1.82) is 0 Å². The van der Waals surface area contributed by atoms with Crippen molar-refractivity contribution in [1.82, 2.24) is 10.2 Å². The second-order valence-corrected chi connectivity index (χ2v) is 5.13. The molecule has 1 amide bonds. The lowest BCUT2D eigenvalue weighted by Crippen LogP contribution is -2.48. The number of hydrogen-bond acceptors (Lipinski definition) is 4. The van der Waals surface area contributed by atoms with Crippen molar-refractivity contribution in [2.24, 2.45) is 5.73 Å². The van der Waals surface area contributed by atoms with Crippen molar-refractivity contribution in [2.45, 2.75) is 25.5 Å². The molecule has 0 spiro atoms. The summed E-state index contributed by atoms with van der Waals surface area (Å²) >= 11 is 0. The van der Waals surface area contributed by atoms with Gasteiger partial charge in [-0.2, -0.15) is 0 Å². The van der Waals surface area contributed by atoms with Crippen LogP contribution in [0.5, 0.6) is 0 Å². The molecule has 1 aromatic carbocycles. The van der Waals surface area contributed by atoms with Crippen LogP contribution in [0.4, 0.5) is 4.79 Å². The van der Waals surface area contributed by atoms with Crippen LogP contribution in [0.2, 0.25) is 0 Å². The van der Waals surface area contributed by atoms with E-state index in [1.165, 1.54) is 0 Å². The Morgan fingerprint density at radius 1 is 1.40 bits per heavy atom. The Morgan fingerprint density at radius 2 is 2.20 bits per heavy atom. The monoisotopic (exact) mass is 277 g/mol. The van der Waals surface area contributed by atoms with Gasteiger partial charge in [-0.3, -0.25) is 0 Å². The van der Waals surface area contributed by atoms with Crippen LogP contribution in [0.1, 0.15) is 18.4 Å². The van der Waals surface area contributed by atoms with E-state index in [-0.39, 0.29) is 12.1 Å². The predicted octanol–water partition coefficient (Wildman–Crippen LogP) is 1.34. The summed E-state index contributed by atoms with van der Waals surface area (Å²) in [5.74, 6) is 0. The molecule has 0 aliphatic carbocycles. The Hall–Kier alpha value is -1.59. The molecule has 5 nitrogen and oxygen atoms in total. The van der Waals surface area contributed by atoms with Crippen LogP contribution in [0.15, 0.2) is 30.3 Å². The van der Waals surface area contributed by atoms with E-state index in [0.29, 0.717) is 13.2 Å². The number of ether oxygens (including phenoxy) is 1. The Kier molecular flexibility index (Phi) is 5.83. The first-order chi connectivity index (χ1) is 9.78. The number of nitrogens with one attached hydrogen (secondary N) is 1. The van der Waals surface area contributed by atoms with Crippen LogP contribution in [0, 0.1) is 0 Å². The van der Waals surface area contributed by atoms with Crippen LogP contribution in [-0.4, -0.2) is 43.2 Å². The highest BCUT2D eigenvalue weighted by atomic mass is 16.5. The molecule has 1 atom stereocenters. The molecule has 5 heteroatoms. The summed E-state index contributed by atoms with van der Waals surface area (Å²) in [5.41, 5.74) is 6.56. The van der Waals surface area contributed by atoms with Crippen LogP contribution in [0.3, 0.4) is 0 Å². The highest BCUT2D eigenvalue weighted by Crippen LogP contribution is 2.10. The van der Waals surface area contributed by atoms with E-state index in [0.717, 1.165) is 38.0 Å². The SMILES string of the molecule is NCCN1CCC[C@H](NC(=O)OCc2ccccc2)C1. The maximum atomic E-state index is 11.8. The van der Waals surface area contributed by atoms with Crippen molar-refractivity contribution in [3.8, 4) is 0 Å². The van der Waals surface area contributed by atoms with Gasteiger partial charge < -0.3 is 20.7 Å². The van der Waals surface area contributed by atoms with E-state index in [2.05, 4.69) is 10.2 Å². The van der Waals surface area contributed by atoms with Gasteiger partial charge in [-0.15, -0.1) is 0 Å². The van der Waals surface area contributed by atoms with Crippen LogP contribution in [-0.2, 0) is 11.3 Å².